The lowest BCUT2D eigenvalue weighted by Crippen LogP contribution is -2.17. The van der Waals surface area contributed by atoms with E-state index in [1.807, 2.05) is 0 Å². The summed E-state index contributed by atoms with van der Waals surface area (Å²) in [4.78, 5) is 27.2. The van der Waals surface area contributed by atoms with E-state index in [-0.39, 0.29) is 13.0 Å². The molecule has 0 saturated heterocycles. The predicted molar refractivity (Wildman–Crippen MR) is 51.0 cm³/mol. The van der Waals surface area contributed by atoms with Gasteiger partial charge in [-0.1, -0.05) is 12.8 Å². The third-order valence-electron chi connectivity index (χ3n) is 1.68. The maximum absolute atomic E-state index is 10.5. The molecule has 0 fully saturated rings. The summed E-state index contributed by atoms with van der Waals surface area (Å²) >= 11 is 0. The van der Waals surface area contributed by atoms with E-state index in [1.165, 1.54) is 5.48 Å². The van der Waals surface area contributed by atoms with Gasteiger partial charge in [0.1, 0.15) is 0 Å². The number of carbonyl (C=O) groups is 1. The molecule has 0 aromatic rings. The Morgan fingerprint density at radius 3 is 2.33 bits per heavy atom. The molecule has 0 bridgehead atoms. The number of hydrogen-bond acceptors (Lipinski definition) is 4. The van der Waals surface area contributed by atoms with Crippen molar-refractivity contribution in [3.8, 4) is 0 Å². The molecular formula is C7H16NO6P. The minimum atomic E-state index is -4.34. The summed E-state index contributed by atoms with van der Waals surface area (Å²) in [7, 11) is -4.34. The molecule has 1 amide bonds. The molecule has 0 spiro atoms. The van der Waals surface area contributed by atoms with Crippen molar-refractivity contribution in [3.63, 3.8) is 0 Å². The molecule has 0 atom stereocenters. The summed E-state index contributed by atoms with van der Waals surface area (Å²) in [6.45, 7) is 0.0104. The van der Waals surface area contributed by atoms with Crippen LogP contribution in [0.2, 0.25) is 0 Å². The molecule has 0 aromatic heterocycles. The van der Waals surface area contributed by atoms with Crippen LogP contribution in [0.5, 0.6) is 0 Å². The summed E-state index contributed by atoms with van der Waals surface area (Å²) in [5, 5.41) is 8.16. The molecule has 0 aliphatic rings. The van der Waals surface area contributed by atoms with Crippen molar-refractivity contribution in [1.82, 2.24) is 5.48 Å². The minimum Gasteiger partial charge on any atom is -0.303 e. The van der Waals surface area contributed by atoms with Crippen molar-refractivity contribution in [2.45, 2.75) is 32.1 Å². The van der Waals surface area contributed by atoms with Crippen LogP contribution in [0.25, 0.3) is 0 Å². The summed E-state index contributed by atoms with van der Waals surface area (Å²) < 4.78 is 14.5. The van der Waals surface area contributed by atoms with Crippen molar-refractivity contribution in [1.29, 1.82) is 0 Å². The van der Waals surface area contributed by atoms with E-state index < -0.39 is 13.7 Å². The van der Waals surface area contributed by atoms with Gasteiger partial charge in [0, 0.05) is 6.42 Å². The zero-order valence-corrected chi connectivity index (χ0v) is 9.15. The lowest BCUT2D eigenvalue weighted by atomic mass is 10.1. The Morgan fingerprint density at radius 1 is 1.20 bits per heavy atom. The largest absolute Gasteiger partial charge is 0.469 e. The molecule has 0 aliphatic heterocycles. The fraction of sp³-hybridized carbons (Fsp3) is 0.857. The van der Waals surface area contributed by atoms with Crippen LogP contribution in [0.4, 0.5) is 0 Å². The van der Waals surface area contributed by atoms with Crippen LogP contribution in [-0.2, 0) is 13.9 Å². The van der Waals surface area contributed by atoms with Gasteiger partial charge in [0.15, 0.2) is 0 Å². The van der Waals surface area contributed by atoms with Gasteiger partial charge in [-0.3, -0.25) is 14.5 Å². The molecule has 0 unspecified atom stereocenters. The van der Waals surface area contributed by atoms with Gasteiger partial charge in [-0.05, 0) is 12.8 Å². The summed E-state index contributed by atoms with van der Waals surface area (Å²) in [5.41, 5.74) is 1.52. The highest BCUT2D eigenvalue weighted by atomic mass is 31.2. The van der Waals surface area contributed by atoms with Crippen LogP contribution < -0.4 is 5.48 Å². The maximum Gasteiger partial charge on any atom is 0.469 e. The number of hydroxylamine groups is 1. The molecule has 0 aromatic carbocycles. The Labute approximate surface area is 87.6 Å². The quantitative estimate of drug-likeness (QED) is 0.213. The monoisotopic (exact) mass is 241 g/mol. The molecule has 4 N–H and O–H groups in total. The number of rotatable bonds is 8. The second-order valence-electron chi connectivity index (χ2n) is 3.02. The zero-order valence-electron chi connectivity index (χ0n) is 8.26. The van der Waals surface area contributed by atoms with Crippen LogP contribution in [0.1, 0.15) is 32.1 Å². The molecule has 0 aliphatic carbocycles. The first-order valence-electron chi connectivity index (χ1n) is 4.59. The van der Waals surface area contributed by atoms with Gasteiger partial charge in [0.25, 0.3) is 0 Å². The van der Waals surface area contributed by atoms with Gasteiger partial charge in [0.2, 0.25) is 5.91 Å². The highest BCUT2D eigenvalue weighted by Gasteiger charge is 2.12. The number of unbranched alkanes of at least 4 members (excludes halogenated alkanes) is 3. The SMILES string of the molecule is O=C(CCCCCCOP(=O)(O)O)NO. The van der Waals surface area contributed by atoms with E-state index in [9.17, 15) is 9.36 Å². The number of phosphoric acid groups is 1. The van der Waals surface area contributed by atoms with E-state index in [4.69, 9.17) is 15.0 Å². The second-order valence-corrected chi connectivity index (χ2v) is 4.26. The summed E-state index contributed by atoms with van der Waals surface area (Å²) in [6, 6.07) is 0. The fourth-order valence-corrected chi connectivity index (χ4v) is 1.35. The first kappa shape index (κ1) is 14.5. The first-order valence-corrected chi connectivity index (χ1v) is 6.12. The Balaban J connectivity index is 3.19. The molecule has 15 heavy (non-hydrogen) atoms. The molecule has 0 heterocycles. The van der Waals surface area contributed by atoms with Crippen molar-refractivity contribution in [3.05, 3.63) is 0 Å². The number of amides is 1. The highest BCUT2D eigenvalue weighted by molar-refractivity contribution is 7.46. The summed E-state index contributed by atoms with van der Waals surface area (Å²) in [5.74, 6) is -0.429. The predicted octanol–water partition coefficient (Wildman–Crippen LogP) is 0.552. The van der Waals surface area contributed by atoms with E-state index >= 15 is 0 Å². The highest BCUT2D eigenvalue weighted by Crippen LogP contribution is 2.35. The number of nitrogens with one attached hydrogen (secondary N) is 1. The molecule has 90 valence electrons. The zero-order chi connectivity index (χ0) is 11.7. The lowest BCUT2D eigenvalue weighted by molar-refractivity contribution is -0.129. The number of phosphoric ester groups is 1. The fourth-order valence-electron chi connectivity index (χ4n) is 0.981. The molecule has 7 nitrogen and oxygen atoms in total. The Bertz CT molecular complexity index is 228. The van der Waals surface area contributed by atoms with Crippen molar-refractivity contribution < 1.29 is 28.9 Å². The Morgan fingerprint density at radius 2 is 1.80 bits per heavy atom. The standard InChI is InChI=1S/C7H16NO6P/c9-7(8-10)5-3-1-2-4-6-14-15(11,12)13/h10H,1-6H2,(H,8,9)(H2,11,12,13). The number of hydrogen-bond donors (Lipinski definition) is 4. The average Bonchev–Trinajstić information content (AvgIpc) is 2.14. The van der Waals surface area contributed by atoms with Gasteiger partial charge < -0.3 is 9.79 Å². The molecule has 0 saturated carbocycles. The van der Waals surface area contributed by atoms with E-state index in [2.05, 4.69) is 4.52 Å². The van der Waals surface area contributed by atoms with Gasteiger partial charge >= 0.3 is 7.82 Å². The van der Waals surface area contributed by atoms with Gasteiger partial charge in [-0.2, -0.15) is 0 Å². The van der Waals surface area contributed by atoms with Crippen LogP contribution in [-0.4, -0.2) is 27.5 Å². The minimum absolute atomic E-state index is 0.0104. The van der Waals surface area contributed by atoms with Crippen molar-refractivity contribution in [2.24, 2.45) is 0 Å². The van der Waals surface area contributed by atoms with E-state index in [1.54, 1.807) is 0 Å². The van der Waals surface area contributed by atoms with E-state index in [0.29, 0.717) is 12.8 Å². The normalized spacial score (nSPS) is 11.4. The third kappa shape index (κ3) is 11.5. The van der Waals surface area contributed by atoms with Crippen LogP contribution in [0, 0.1) is 0 Å². The Hall–Kier alpha value is -0.460. The second kappa shape index (κ2) is 7.78. The summed E-state index contributed by atoms with van der Waals surface area (Å²) in [6.07, 6.45) is 2.88. The smallest absolute Gasteiger partial charge is 0.303 e. The van der Waals surface area contributed by atoms with Crippen molar-refractivity contribution >= 4 is 13.7 Å². The maximum atomic E-state index is 10.5. The molecule has 8 heteroatoms. The lowest BCUT2D eigenvalue weighted by Gasteiger charge is -2.04. The van der Waals surface area contributed by atoms with Crippen LogP contribution in [0.3, 0.4) is 0 Å². The average molecular weight is 241 g/mol. The van der Waals surface area contributed by atoms with Crippen molar-refractivity contribution in [2.75, 3.05) is 6.61 Å². The molecule has 0 radical (unpaired) electrons. The topological polar surface area (TPSA) is 116 Å². The van der Waals surface area contributed by atoms with Gasteiger partial charge in [-0.25, -0.2) is 10.0 Å². The molecule has 0 rings (SSSR count). The van der Waals surface area contributed by atoms with Gasteiger partial charge in [0.05, 0.1) is 6.61 Å². The van der Waals surface area contributed by atoms with Crippen LogP contribution >= 0.6 is 7.82 Å². The Kier molecular flexibility index (Phi) is 7.54. The van der Waals surface area contributed by atoms with Gasteiger partial charge in [-0.15, -0.1) is 0 Å². The first-order chi connectivity index (χ1) is 6.95. The molecular weight excluding hydrogens is 225 g/mol. The van der Waals surface area contributed by atoms with Crippen LogP contribution in [0.15, 0.2) is 0 Å². The number of carbonyl (C=O) groups excluding carboxylic acids is 1. The third-order valence-corrected chi connectivity index (χ3v) is 2.20. The van der Waals surface area contributed by atoms with E-state index in [0.717, 1.165) is 12.8 Å².